The van der Waals surface area contributed by atoms with Crippen molar-refractivity contribution in [3.8, 4) is 0 Å². The van der Waals surface area contributed by atoms with Crippen molar-refractivity contribution < 1.29 is 12.9 Å². The summed E-state index contributed by atoms with van der Waals surface area (Å²) in [5.74, 6) is 0.484. The van der Waals surface area contributed by atoms with E-state index < -0.39 is 10.2 Å². The van der Waals surface area contributed by atoms with Gasteiger partial charge in [-0.05, 0) is 25.7 Å². The van der Waals surface area contributed by atoms with Crippen molar-refractivity contribution in [2.45, 2.75) is 51.0 Å². The van der Waals surface area contributed by atoms with Crippen molar-refractivity contribution in [1.29, 1.82) is 0 Å². The standard InChI is InChI=1S/C13H22N4O3S/c18-21(19,16-8-4-2-5-9-16)17-10-6-1-3-7-12(17)13-14-11-20-15-13/h11-12H,1-10H2. The Labute approximate surface area is 125 Å². The Kier molecular flexibility index (Phi) is 4.56. The van der Waals surface area contributed by atoms with Crippen LogP contribution in [0.25, 0.3) is 0 Å². The van der Waals surface area contributed by atoms with Crippen LogP contribution < -0.4 is 0 Å². The van der Waals surface area contributed by atoms with Crippen molar-refractivity contribution in [2.75, 3.05) is 19.6 Å². The minimum atomic E-state index is -3.44. The third-order valence-corrected chi connectivity index (χ3v) is 6.37. The highest BCUT2D eigenvalue weighted by molar-refractivity contribution is 7.86. The van der Waals surface area contributed by atoms with Gasteiger partial charge in [0.25, 0.3) is 10.2 Å². The molecule has 1 aromatic heterocycles. The molecular weight excluding hydrogens is 292 g/mol. The summed E-state index contributed by atoms with van der Waals surface area (Å²) in [7, 11) is -3.44. The van der Waals surface area contributed by atoms with Crippen molar-refractivity contribution in [2.24, 2.45) is 0 Å². The molecule has 1 atom stereocenters. The topological polar surface area (TPSA) is 79.5 Å². The van der Waals surface area contributed by atoms with E-state index in [0.717, 1.165) is 44.9 Å². The lowest BCUT2D eigenvalue weighted by Gasteiger charge is -2.34. The average molecular weight is 314 g/mol. The maximum Gasteiger partial charge on any atom is 0.282 e. The second kappa shape index (κ2) is 6.41. The Bertz CT molecular complexity index is 540. The molecule has 0 aromatic carbocycles. The molecule has 0 N–H and O–H groups in total. The summed E-state index contributed by atoms with van der Waals surface area (Å²) in [4.78, 5) is 4.09. The molecule has 1 aromatic rings. The molecule has 3 rings (SSSR count). The smallest absolute Gasteiger partial charge is 0.282 e. The van der Waals surface area contributed by atoms with Crippen molar-refractivity contribution in [3.63, 3.8) is 0 Å². The Morgan fingerprint density at radius 1 is 1.05 bits per heavy atom. The predicted molar refractivity (Wildman–Crippen MR) is 76.6 cm³/mol. The van der Waals surface area contributed by atoms with Crippen molar-refractivity contribution in [1.82, 2.24) is 18.8 Å². The number of hydrogen-bond acceptors (Lipinski definition) is 5. The summed E-state index contributed by atoms with van der Waals surface area (Å²) in [5, 5.41) is 3.88. The van der Waals surface area contributed by atoms with E-state index >= 15 is 0 Å². The highest BCUT2D eigenvalue weighted by Crippen LogP contribution is 2.32. The second-order valence-corrected chi connectivity index (χ2v) is 7.61. The van der Waals surface area contributed by atoms with Gasteiger partial charge < -0.3 is 4.52 Å². The Balaban J connectivity index is 1.88. The predicted octanol–water partition coefficient (Wildman–Crippen LogP) is 1.72. The molecule has 0 saturated carbocycles. The summed E-state index contributed by atoms with van der Waals surface area (Å²) >= 11 is 0. The van der Waals surface area contributed by atoms with Gasteiger partial charge in [0.05, 0.1) is 6.04 Å². The zero-order chi connectivity index (χ0) is 14.7. The number of aromatic nitrogens is 2. The molecule has 3 heterocycles. The lowest BCUT2D eigenvalue weighted by molar-refractivity contribution is 0.259. The number of nitrogens with zero attached hydrogens (tertiary/aromatic N) is 4. The lowest BCUT2D eigenvalue weighted by atomic mass is 10.1. The molecule has 2 aliphatic rings. The maximum atomic E-state index is 13.0. The molecule has 0 bridgehead atoms. The van der Waals surface area contributed by atoms with E-state index in [1.54, 1.807) is 8.61 Å². The van der Waals surface area contributed by atoms with Gasteiger partial charge >= 0.3 is 0 Å². The lowest BCUT2D eigenvalue weighted by Crippen LogP contribution is -2.47. The van der Waals surface area contributed by atoms with Gasteiger partial charge in [0.1, 0.15) is 0 Å². The molecule has 118 valence electrons. The molecule has 2 aliphatic heterocycles. The SMILES string of the molecule is O=S(=O)(N1CCCCC1)N1CCCCCC1c1ncon1. The van der Waals surface area contributed by atoms with Crippen LogP contribution in [0.2, 0.25) is 0 Å². The minimum absolute atomic E-state index is 0.293. The van der Waals surface area contributed by atoms with Crippen LogP contribution in [0, 0.1) is 0 Å². The Hall–Kier alpha value is -0.990. The van der Waals surface area contributed by atoms with E-state index in [1.807, 2.05) is 0 Å². The molecule has 0 amide bonds. The van der Waals surface area contributed by atoms with E-state index in [2.05, 4.69) is 10.1 Å². The van der Waals surface area contributed by atoms with Gasteiger partial charge in [-0.15, -0.1) is 0 Å². The molecular formula is C13H22N4O3S. The molecule has 0 aliphatic carbocycles. The zero-order valence-electron chi connectivity index (χ0n) is 12.1. The fourth-order valence-electron chi connectivity index (χ4n) is 3.19. The Morgan fingerprint density at radius 2 is 1.76 bits per heavy atom. The molecule has 21 heavy (non-hydrogen) atoms. The van der Waals surface area contributed by atoms with Crippen LogP contribution in [0.3, 0.4) is 0 Å². The van der Waals surface area contributed by atoms with E-state index in [1.165, 1.54) is 6.39 Å². The van der Waals surface area contributed by atoms with Crippen LogP contribution in [0.15, 0.2) is 10.9 Å². The molecule has 1 unspecified atom stereocenters. The van der Waals surface area contributed by atoms with E-state index in [9.17, 15) is 8.42 Å². The summed E-state index contributed by atoms with van der Waals surface area (Å²) in [5.41, 5.74) is 0. The molecule has 8 heteroatoms. The average Bonchev–Trinajstić information content (AvgIpc) is 2.92. The van der Waals surface area contributed by atoms with Crippen LogP contribution in [-0.2, 0) is 10.2 Å². The third-order valence-electron chi connectivity index (χ3n) is 4.32. The number of piperidine rings is 1. The summed E-state index contributed by atoms with van der Waals surface area (Å²) < 4.78 is 34.0. The fraction of sp³-hybridized carbons (Fsp3) is 0.846. The monoisotopic (exact) mass is 314 g/mol. The highest BCUT2D eigenvalue weighted by Gasteiger charge is 2.38. The third kappa shape index (κ3) is 3.12. The van der Waals surface area contributed by atoms with Crippen LogP contribution in [0.5, 0.6) is 0 Å². The van der Waals surface area contributed by atoms with E-state index in [0.29, 0.717) is 25.5 Å². The first-order valence-corrected chi connectivity index (χ1v) is 9.12. The van der Waals surface area contributed by atoms with E-state index in [4.69, 9.17) is 4.52 Å². The van der Waals surface area contributed by atoms with Crippen LogP contribution in [0.1, 0.15) is 56.8 Å². The van der Waals surface area contributed by atoms with Crippen LogP contribution >= 0.6 is 0 Å². The van der Waals surface area contributed by atoms with Gasteiger partial charge in [0, 0.05) is 19.6 Å². The molecule has 2 saturated heterocycles. The first-order valence-electron chi connectivity index (χ1n) is 7.73. The summed E-state index contributed by atoms with van der Waals surface area (Å²) in [6.07, 6.45) is 7.95. The minimum Gasteiger partial charge on any atom is -0.343 e. The first-order chi connectivity index (χ1) is 10.2. The molecule has 0 spiro atoms. The molecule has 7 nitrogen and oxygen atoms in total. The fourth-order valence-corrected chi connectivity index (χ4v) is 5.08. The summed E-state index contributed by atoms with van der Waals surface area (Å²) in [6.45, 7) is 1.79. The quantitative estimate of drug-likeness (QED) is 0.848. The van der Waals surface area contributed by atoms with Gasteiger partial charge in [0.15, 0.2) is 5.82 Å². The molecule has 2 fully saturated rings. The van der Waals surface area contributed by atoms with Crippen LogP contribution in [0.4, 0.5) is 0 Å². The van der Waals surface area contributed by atoms with Gasteiger partial charge in [0.2, 0.25) is 6.39 Å². The zero-order valence-corrected chi connectivity index (χ0v) is 13.0. The van der Waals surface area contributed by atoms with Gasteiger partial charge in [-0.3, -0.25) is 0 Å². The number of hydrogen-bond donors (Lipinski definition) is 0. The van der Waals surface area contributed by atoms with Crippen LogP contribution in [-0.4, -0.2) is 46.8 Å². The second-order valence-electron chi connectivity index (χ2n) is 5.73. The van der Waals surface area contributed by atoms with Gasteiger partial charge in [-0.25, -0.2) is 0 Å². The van der Waals surface area contributed by atoms with Gasteiger partial charge in [-0.2, -0.15) is 22.0 Å². The Morgan fingerprint density at radius 3 is 2.48 bits per heavy atom. The summed E-state index contributed by atoms with van der Waals surface area (Å²) in [6, 6.07) is -0.293. The van der Waals surface area contributed by atoms with Crippen molar-refractivity contribution in [3.05, 3.63) is 12.2 Å². The maximum absolute atomic E-state index is 13.0. The first kappa shape index (κ1) is 14.9. The highest BCUT2D eigenvalue weighted by atomic mass is 32.2. The largest absolute Gasteiger partial charge is 0.343 e. The number of rotatable bonds is 3. The normalized spacial score (nSPS) is 26.6. The van der Waals surface area contributed by atoms with E-state index in [-0.39, 0.29) is 6.04 Å². The molecule has 0 radical (unpaired) electrons. The van der Waals surface area contributed by atoms with Gasteiger partial charge in [-0.1, -0.05) is 24.4 Å². The van der Waals surface area contributed by atoms with Crippen molar-refractivity contribution >= 4 is 10.2 Å².